The molecule has 27 heavy (non-hydrogen) atoms. The molecule has 0 saturated heterocycles. The van der Waals surface area contributed by atoms with E-state index < -0.39 is 0 Å². The van der Waals surface area contributed by atoms with Gasteiger partial charge in [0.15, 0.2) is 5.82 Å². The summed E-state index contributed by atoms with van der Waals surface area (Å²) in [7, 11) is 1.60. The van der Waals surface area contributed by atoms with Crippen molar-refractivity contribution in [1.29, 1.82) is 0 Å². The van der Waals surface area contributed by atoms with Crippen molar-refractivity contribution in [3.05, 3.63) is 41.7 Å². The molecule has 1 aromatic heterocycles. The number of amides is 3. The van der Waals surface area contributed by atoms with Crippen molar-refractivity contribution in [2.24, 2.45) is 0 Å². The second-order valence-electron chi connectivity index (χ2n) is 6.08. The summed E-state index contributed by atoms with van der Waals surface area (Å²) in [6.45, 7) is 4.54. The Bertz CT molecular complexity index is 760. The lowest BCUT2D eigenvalue weighted by Crippen LogP contribution is -2.41. The Morgan fingerprint density at radius 1 is 1.26 bits per heavy atom. The van der Waals surface area contributed by atoms with Crippen LogP contribution in [0.4, 0.5) is 16.3 Å². The molecule has 0 unspecified atom stereocenters. The lowest BCUT2D eigenvalue weighted by molar-refractivity contribution is -0.116. The van der Waals surface area contributed by atoms with Crippen LogP contribution < -0.4 is 10.6 Å². The topological polar surface area (TPSA) is 96.7 Å². The Kier molecular flexibility index (Phi) is 7.81. The van der Waals surface area contributed by atoms with E-state index in [-0.39, 0.29) is 18.5 Å². The Balaban J connectivity index is 2.03. The van der Waals surface area contributed by atoms with Gasteiger partial charge in [-0.15, -0.1) is 0 Å². The third-order valence-electron chi connectivity index (χ3n) is 3.93. The van der Waals surface area contributed by atoms with Gasteiger partial charge in [-0.3, -0.25) is 4.79 Å². The molecular formula is C19H26N4O4. The number of nitrogens with zero attached hydrogens (tertiary/aromatic N) is 2. The monoisotopic (exact) mass is 374 g/mol. The molecule has 3 amide bonds. The number of aromatic nitrogens is 1. The number of hydrogen-bond acceptors (Lipinski definition) is 5. The van der Waals surface area contributed by atoms with E-state index in [4.69, 9.17) is 9.26 Å². The number of carbonyl (C=O) groups excluding carboxylic acids is 2. The highest BCUT2D eigenvalue weighted by Gasteiger charge is 2.18. The van der Waals surface area contributed by atoms with Crippen LogP contribution in [-0.2, 0) is 16.0 Å². The molecule has 1 heterocycles. The van der Waals surface area contributed by atoms with E-state index in [1.807, 2.05) is 31.2 Å². The van der Waals surface area contributed by atoms with Crippen molar-refractivity contribution in [1.82, 2.24) is 10.1 Å². The first-order chi connectivity index (χ1) is 13.0. The van der Waals surface area contributed by atoms with Gasteiger partial charge in [0.25, 0.3) is 0 Å². The minimum Gasteiger partial charge on any atom is -0.385 e. The first-order valence-electron chi connectivity index (χ1n) is 8.89. The molecule has 8 heteroatoms. The maximum absolute atomic E-state index is 12.7. The van der Waals surface area contributed by atoms with Gasteiger partial charge in [0.2, 0.25) is 5.91 Å². The van der Waals surface area contributed by atoms with E-state index >= 15 is 0 Å². The maximum atomic E-state index is 12.7. The lowest BCUT2D eigenvalue weighted by Gasteiger charge is -2.23. The number of carbonyl (C=O) groups is 2. The predicted octanol–water partition coefficient (Wildman–Crippen LogP) is 3.05. The predicted molar refractivity (Wildman–Crippen MR) is 103 cm³/mol. The summed E-state index contributed by atoms with van der Waals surface area (Å²) in [6.07, 6.45) is 1.42. The second kappa shape index (κ2) is 10.3. The minimum absolute atomic E-state index is 0.101. The van der Waals surface area contributed by atoms with Crippen LogP contribution in [-0.4, -0.2) is 48.8 Å². The van der Waals surface area contributed by atoms with Crippen molar-refractivity contribution < 1.29 is 18.8 Å². The molecule has 0 saturated carbocycles. The van der Waals surface area contributed by atoms with Crippen molar-refractivity contribution in [3.63, 3.8) is 0 Å². The zero-order chi connectivity index (χ0) is 19.6. The number of ether oxygens (including phenoxy) is 1. The van der Waals surface area contributed by atoms with Crippen LogP contribution in [0, 0.1) is 6.92 Å². The lowest BCUT2D eigenvalue weighted by atomic mass is 10.1. The van der Waals surface area contributed by atoms with Gasteiger partial charge in [0, 0.05) is 32.0 Å². The third-order valence-corrected chi connectivity index (χ3v) is 3.93. The van der Waals surface area contributed by atoms with Crippen LogP contribution in [0.1, 0.15) is 24.7 Å². The van der Waals surface area contributed by atoms with Crippen LogP contribution in [0.2, 0.25) is 0 Å². The minimum atomic E-state index is -0.348. The molecule has 0 aliphatic rings. The fourth-order valence-electron chi connectivity index (χ4n) is 2.58. The molecule has 1 aromatic carbocycles. The fourth-order valence-corrected chi connectivity index (χ4v) is 2.58. The van der Waals surface area contributed by atoms with Gasteiger partial charge < -0.3 is 24.8 Å². The molecule has 0 radical (unpaired) electrons. The molecule has 146 valence electrons. The largest absolute Gasteiger partial charge is 0.385 e. The number of nitrogens with one attached hydrogen (secondary N) is 2. The SMILES string of the molecule is CCc1ccccc1NC(=O)N(CCCOC)CC(=O)Nc1cc(C)on1. The average Bonchev–Trinajstić information content (AvgIpc) is 3.06. The smallest absolute Gasteiger partial charge is 0.322 e. The summed E-state index contributed by atoms with van der Waals surface area (Å²) >= 11 is 0. The van der Waals surface area contributed by atoms with Crippen LogP contribution in [0.3, 0.4) is 0 Å². The van der Waals surface area contributed by atoms with Gasteiger partial charge in [-0.1, -0.05) is 30.3 Å². The highest BCUT2D eigenvalue weighted by atomic mass is 16.5. The van der Waals surface area contributed by atoms with Gasteiger partial charge in [0.1, 0.15) is 12.3 Å². The van der Waals surface area contributed by atoms with Crippen LogP contribution in [0.25, 0.3) is 0 Å². The van der Waals surface area contributed by atoms with Crippen LogP contribution in [0.5, 0.6) is 0 Å². The third kappa shape index (κ3) is 6.41. The van der Waals surface area contributed by atoms with E-state index in [9.17, 15) is 9.59 Å². The summed E-state index contributed by atoms with van der Waals surface area (Å²) in [6, 6.07) is 8.89. The number of para-hydroxylation sites is 1. The van der Waals surface area contributed by atoms with E-state index in [0.717, 1.165) is 17.7 Å². The standard InChI is InChI=1S/C19H26N4O4/c1-4-15-8-5-6-9-16(15)20-19(25)23(10-7-11-26-3)13-18(24)21-17-12-14(2)27-22-17/h5-6,8-9,12H,4,7,10-11,13H2,1-3H3,(H,20,25)(H,21,22,24). The first kappa shape index (κ1) is 20.4. The molecule has 2 rings (SSSR count). The van der Waals surface area contributed by atoms with Crippen LogP contribution in [0.15, 0.2) is 34.9 Å². The fraction of sp³-hybridized carbons (Fsp3) is 0.421. The summed E-state index contributed by atoms with van der Waals surface area (Å²) in [5.74, 6) is 0.571. The summed E-state index contributed by atoms with van der Waals surface area (Å²) in [4.78, 5) is 26.5. The number of rotatable bonds is 9. The molecule has 0 aliphatic heterocycles. The van der Waals surface area contributed by atoms with Crippen molar-refractivity contribution in [3.8, 4) is 0 Å². The number of anilines is 2. The Morgan fingerprint density at radius 3 is 2.70 bits per heavy atom. The van der Waals surface area contributed by atoms with Crippen LogP contribution >= 0.6 is 0 Å². The average molecular weight is 374 g/mol. The van der Waals surface area contributed by atoms with Gasteiger partial charge in [-0.25, -0.2) is 4.79 Å². The number of urea groups is 1. The molecule has 2 N–H and O–H groups in total. The van der Waals surface area contributed by atoms with Gasteiger partial charge >= 0.3 is 6.03 Å². The quantitative estimate of drug-likeness (QED) is 0.658. The Labute approximate surface area is 158 Å². The molecule has 0 spiro atoms. The van der Waals surface area contributed by atoms with E-state index in [2.05, 4.69) is 15.8 Å². The summed E-state index contributed by atoms with van der Waals surface area (Å²) in [5, 5.41) is 9.25. The number of aryl methyl sites for hydroxylation is 2. The summed E-state index contributed by atoms with van der Waals surface area (Å²) < 4.78 is 9.98. The number of benzene rings is 1. The number of hydrogen-bond donors (Lipinski definition) is 2. The van der Waals surface area contributed by atoms with Crippen molar-refractivity contribution >= 4 is 23.4 Å². The zero-order valence-corrected chi connectivity index (χ0v) is 15.9. The molecule has 0 aliphatic carbocycles. The van der Waals surface area contributed by atoms with E-state index in [0.29, 0.717) is 31.2 Å². The molecule has 0 bridgehead atoms. The Hall–Kier alpha value is -2.87. The summed E-state index contributed by atoms with van der Waals surface area (Å²) in [5.41, 5.74) is 1.78. The maximum Gasteiger partial charge on any atom is 0.322 e. The van der Waals surface area contributed by atoms with Gasteiger partial charge in [-0.05, 0) is 31.4 Å². The molecule has 0 fully saturated rings. The van der Waals surface area contributed by atoms with E-state index in [1.54, 1.807) is 20.1 Å². The van der Waals surface area contributed by atoms with E-state index in [1.165, 1.54) is 4.90 Å². The van der Waals surface area contributed by atoms with Crippen molar-refractivity contribution in [2.75, 3.05) is 37.4 Å². The van der Waals surface area contributed by atoms with Gasteiger partial charge in [-0.2, -0.15) is 0 Å². The second-order valence-corrected chi connectivity index (χ2v) is 6.08. The molecule has 0 atom stereocenters. The normalized spacial score (nSPS) is 10.5. The highest BCUT2D eigenvalue weighted by molar-refractivity contribution is 5.96. The molecular weight excluding hydrogens is 348 g/mol. The Morgan fingerprint density at radius 2 is 2.04 bits per heavy atom. The number of methoxy groups -OCH3 is 1. The molecule has 8 nitrogen and oxygen atoms in total. The van der Waals surface area contributed by atoms with Gasteiger partial charge in [0.05, 0.1) is 0 Å². The molecule has 2 aromatic rings. The zero-order valence-electron chi connectivity index (χ0n) is 15.9. The highest BCUT2D eigenvalue weighted by Crippen LogP contribution is 2.16. The first-order valence-corrected chi connectivity index (χ1v) is 8.89. The van der Waals surface area contributed by atoms with Crippen molar-refractivity contribution in [2.45, 2.75) is 26.7 Å².